The van der Waals surface area contributed by atoms with Crippen LogP contribution in [0.4, 0.5) is 5.69 Å². The molecule has 0 saturated heterocycles. The third-order valence-corrected chi connectivity index (χ3v) is 2.92. The van der Waals surface area contributed by atoms with Crippen molar-refractivity contribution >= 4 is 11.6 Å². The van der Waals surface area contributed by atoms with Gasteiger partial charge in [-0.1, -0.05) is 69.7 Å². The van der Waals surface area contributed by atoms with Crippen LogP contribution >= 0.6 is 0 Å². The number of nitrogens with one attached hydrogen (secondary N) is 1. The Balaban J connectivity index is 0.00000123. The smallest absolute Gasteiger partial charge is 0.282 e. The maximum Gasteiger partial charge on any atom is 0.282 e. The Bertz CT molecular complexity index is 637. The molecule has 2 rings (SSSR count). The van der Waals surface area contributed by atoms with Gasteiger partial charge in [0.15, 0.2) is 0 Å². The van der Waals surface area contributed by atoms with Crippen LogP contribution in [-0.4, -0.2) is 10.8 Å². The lowest BCUT2D eigenvalue weighted by molar-refractivity contribution is -0.385. The average Bonchev–Trinajstić information content (AvgIpc) is 2.64. The number of nitro groups is 1. The summed E-state index contributed by atoms with van der Waals surface area (Å²) in [6.07, 6.45) is 0. The molecule has 5 heteroatoms. The zero-order valence-electron chi connectivity index (χ0n) is 15.0. The van der Waals surface area contributed by atoms with E-state index >= 15 is 0 Å². The molecule has 1 amide bonds. The number of carbonyl (C=O) groups is 1. The first-order chi connectivity index (χ1) is 11.6. The molecule has 0 radical (unpaired) electrons. The van der Waals surface area contributed by atoms with E-state index in [-0.39, 0.29) is 11.3 Å². The molecule has 2 aromatic rings. The molecule has 130 valence electrons. The maximum atomic E-state index is 12.0. The Kier molecular flexibility index (Phi) is 10.5. The fraction of sp³-hybridized carbons (Fsp3) is 0.316. The molecule has 0 atom stereocenters. The lowest BCUT2D eigenvalue weighted by Gasteiger charge is -2.06. The molecule has 0 saturated carbocycles. The van der Waals surface area contributed by atoms with Crippen LogP contribution < -0.4 is 5.32 Å². The number of hydrogen-bond donors (Lipinski definition) is 1. The number of aryl methyl sites for hydroxylation is 1. The standard InChI is InChI=1S/C15H14N2O3.2C2H6/c1-11-6-8-12(9-7-11)10-16-15(18)13-4-2-3-5-14(13)17(19)20;2*1-2/h2-9H,10H2,1H3,(H,16,18);2*1-2H3. The van der Waals surface area contributed by atoms with E-state index in [1.165, 1.54) is 18.2 Å². The normalized spacial score (nSPS) is 8.88. The van der Waals surface area contributed by atoms with Gasteiger partial charge >= 0.3 is 0 Å². The highest BCUT2D eigenvalue weighted by atomic mass is 16.6. The van der Waals surface area contributed by atoms with Crippen molar-refractivity contribution in [2.75, 3.05) is 0 Å². The number of nitro benzene ring substituents is 1. The van der Waals surface area contributed by atoms with Gasteiger partial charge in [0.25, 0.3) is 11.6 Å². The first-order valence-electron chi connectivity index (χ1n) is 8.15. The van der Waals surface area contributed by atoms with Gasteiger partial charge in [-0.2, -0.15) is 0 Å². The van der Waals surface area contributed by atoms with E-state index in [9.17, 15) is 14.9 Å². The average molecular weight is 330 g/mol. The minimum absolute atomic E-state index is 0.0737. The summed E-state index contributed by atoms with van der Waals surface area (Å²) in [5.41, 5.74) is 1.97. The van der Waals surface area contributed by atoms with Crippen molar-refractivity contribution < 1.29 is 9.72 Å². The predicted octanol–water partition coefficient (Wildman–Crippen LogP) is 4.89. The second-order valence-corrected chi connectivity index (χ2v) is 4.44. The minimum Gasteiger partial charge on any atom is -0.348 e. The van der Waals surface area contributed by atoms with Gasteiger partial charge in [0.05, 0.1) is 4.92 Å². The van der Waals surface area contributed by atoms with Crippen molar-refractivity contribution in [2.24, 2.45) is 0 Å². The molecule has 0 fully saturated rings. The summed E-state index contributed by atoms with van der Waals surface area (Å²) in [6.45, 7) is 10.3. The fourth-order valence-corrected chi connectivity index (χ4v) is 1.81. The Morgan fingerprint density at radius 3 is 2.08 bits per heavy atom. The summed E-state index contributed by atoms with van der Waals surface area (Å²) in [5, 5.41) is 13.6. The van der Waals surface area contributed by atoms with Gasteiger partial charge < -0.3 is 5.32 Å². The molecule has 0 aromatic heterocycles. The third kappa shape index (κ3) is 6.60. The summed E-state index contributed by atoms with van der Waals surface area (Å²) < 4.78 is 0. The second-order valence-electron chi connectivity index (χ2n) is 4.44. The number of rotatable bonds is 4. The highest BCUT2D eigenvalue weighted by Gasteiger charge is 2.18. The number of para-hydroxylation sites is 1. The predicted molar refractivity (Wildman–Crippen MR) is 98.1 cm³/mol. The molecule has 0 spiro atoms. The van der Waals surface area contributed by atoms with Crippen molar-refractivity contribution in [3.05, 3.63) is 75.3 Å². The molecule has 0 aliphatic heterocycles. The topological polar surface area (TPSA) is 72.2 Å². The number of benzene rings is 2. The molecule has 1 N–H and O–H groups in total. The summed E-state index contributed by atoms with van der Waals surface area (Å²) in [7, 11) is 0. The number of hydrogen-bond acceptors (Lipinski definition) is 3. The van der Waals surface area contributed by atoms with Gasteiger partial charge in [-0.15, -0.1) is 0 Å². The van der Waals surface area contributed by atoms with Gasteiger partial charge in [-0.3, -0.25) is 14.9 Å². The summed E-state index contributed by atoms with van der Waals surface area (Å²) in [4.78, 5) is 22.3. The van der Waals surface area contributed by atoms with Crippen molar-refractivity contribution in [2.45, 2.75) is 41.2 Å². The molecule has 24 heavy (non-hydrogen) atoms. The van der Waals surface area contributed by atoms with Gasteiger partial charge in [0.1, 0.15) is 5.56 Å². The van der Waals surface area contributed by atoms with Gasteiger partial charge in [0, 0.05) is 12.6 Å². The van der Waals surface area contributed by atoms with Crippen LogP contribution in [0.1, 0.15) is 49.2 Å². The molecule has 0 aliphatic carbocycles. The van der Waals surface area contributed by atoms with Crippen molar-refractivity contribution in [3.63, 3.8) is 0 Å². The number of nitrogens with zero attached hydrogens (tertiary/aromatic N) is 1. The van der Waals surface area contributed by atoms with Crippen LogP contribution in [0.3, 0.4) is 0 Å². The zero-order chi connectivity index (χ0) is 18.5. The van der Waals surface area contributed by atoms with E-state index < -0.39 is 10.8 Å². The van der Waals surface area contributed by atoms with Crippen LogP contribution in [0.2, 0.25) is 0 Å². The molecule has 0 bridgehead atoms. The first-order valence-corrected chi connectivity index (χ1v) is 8.15. The Morgan fingerprint density at radius 1 is 1.00 bits per heavy atom. The van der Waals surface area contributed by atoms with Crippen molar-refractivity contribution in [1.29, 1.82) is 0 Å². The van der Waals surface area contributed by atoms with E-state index in [2.05, 4.69) is 5.32 Å². The van der Waals surface area contributed by atoms with E-state index in [1.807, 2.05) is 58.9 Å². The SMILES string of the molecule is CC.CC.Cc1ccc(CNC(=O)c2ccccc2[N+](=O)[O-])cc1. The zero-order valence-corrected chi connectivity index (χ0v) is 15.0. The highest BCUT2D eigenvalue weighted by molar-refractivity contribution is 5.98. The summed E-state index contributed by atoms with van der Waals surface area (Å²) >= 11 is 0. The molecule has 2 aromatic carbocycles. The maximum absolute atomic E-state index is 12.0. The number of carbonyl (C=O) groups excluding carboxylic acids is 1. The second kappa shape index (κ2) is 11.8. The van der Waals surface area contributed by atoms with Crippen LogP contribution in [0.5, 0.6) is 0 Å². The Labute approximate surface area is 143 Å². The lowest BCUT2D eigenvalue weighted by atomic mass is 10.1. The molecular formula is C19H26N2O3. The van der Waals surface area contributed by atoms with E-state index in [0.29, 0.717) is 6.54 Å². The summed E-state index contributed by atoms with van der Waals surface area (Å²) in [6, 6.07) is 13.6. The largest absolute Gasteiger partial charge is 0.348 e. The molecule has 5 nitrogen and oxygen atoms in total. The molecule has 0 aliphatic rings. The fourth-order valence-electron chi connectivity index (χ4n) is 1.81. The third-order valence-electron chi connectivity index (χ3n) is 2.92. The van der Waals surface area contributed by atoms with Gasteiger partial charge in [-0.25, -0.2) is 0 Å². The Hall–Kier alpha value is -2.69. The minimum atomic E-state index is -0.555. The molecule has 0 heterocycles. The first kappa shape index (κ1) is 21.3. The van der Waals surface area contributed by atoms with Crippen LogP contribution in [0.25, 0.3) is 0 Å². The van der Waals surface area contributed by atoms with Crippen LogP contribution in [-0.2, 0) is 6.54 Å². The number of amides is 1. The van der Waals surface area contributed by atoms with Gasteiger partial charge in [-0.05, 0) is 18.6 Å². The van der Waals surface area contributed by atoms with E-state index in [0.717, 1.165) is 11.1 Å². The quantitative estimate of drug-likeness (QED) is 0.641. The van der Waals surface area contributed by atoms with E-state index in [4.69, 9.17) is 0 Å². The lowest BCUT2D eigenvalue weighted by Crippen LogP contribution is -2.23. The Morgan fingerprint density at radius 2 is 1.54 bits per heavy atom. The molecular weight excluding hydrogens is 304 g/mol. The van der Waals surface area contributed by atoms with Crippen LogP contribution in [0, 0.1) is 17.0 Å². The molecule has 0 unspecified atom stereocenters. The van der Waals surface area contributed by atoms with Gasteiger partial charge in [0.2, 0.25) is 0 Å². The van der Waals surface area contributed by atoms with Crippen LogP contribution in [0.15, 0.2) is 48.5 Å². The van der Waals surface area contributed by atoms with Crippen molar-refractivity contribution in [1.82, 2.24) is 5.32 Å². The highest BCUT2D eigenvalue weighted by Crippen LogP contribution is 2.17. The van der Waals surface area contributed by atoms with E-state index in [1.54, 1.807) is 6.07 Å². The summed E-state index contributed by atoms with van der Waals surface area (Å²) in [5.74, 6) is -0.446. The monoisotopic (exact) mass is 330 g/mol. The van der Waals surface area contributed by atoms with Crippen molar-refractivity contribution in [3.8, 4) is 0 Å².